The van der Waals surface area contributed by atoms with Crippen molar-refractivity contribution >= 4 is 27.3 Å². The first-order valence-electron chi connectivity index (χ1n) is 8.09. The number of carbonyl (C=O) groups is 1. The van der Waals surface area contributed by atoms with E-state index in [9.17, 15) is 9.59 Å². The van der Waals surface area contributed by atoms with Crippen molar-refractivity contribution < 1.29 is 9.53 Å². The van der Waals surface area contributed by atoms with Gasteiger partial charge in [-0.3, -0.25) is 9.59 Å². The van der Waals surface area contributed by atoms with Gasteiger partial charge < -0.3 is 14.6 Å². The molecule has 0 saturated heterocycles. The second-order valence-corrected chi connectivity index (χ2v) is 6.93. The number of nitrogens with zero attached hydrogens (tertiary/aromatic N) is 1. The predicted octanol–water partition coefficient (Wildman–Crippen LogP) is 3.33. The summed E-state index contributed by atoms with van der Waals surface area (Å²) in [5, 5.41) is 3.42. The molecular formula is C19H20N2O3S. The smallest absolute Gasteiger partial charge is 0.260 e. The predicted molar refractivity (Wildman–Crippen MR) is 101 cm³/mol. The summed E-state index contributed by atoms with van der Waals surface area (Å²) in [4.78, 5) is 26.3. The maximum absolute atomic E-state index is 12.8. The molecule has 0 aliphatic carbocycles. The lowest BCUT2D eigenvalue weighted by Crippen LogP contribution is -2.26. The van der Waals surface area contributed by atoms with E-state index in [1.54, 1.807) is 17.9 Å². The molecule has 1 aromatic carbocycles. The van der Waals surface area contributed by atoms with Crippen LogP contribution in [0.2, 0.25) is 0 Å². The van der Waals surface area contributed by atoms with E-state index in [-0.39, 0.29) is 11.5 Å². The molecule has 0 atom stereocenters. The molecular weight excluding hydrogens is 336 g/mol. The third-order valence-electron chi connectivity index (χ3n) is 4.19. The molecule has 2 aromatic heterocycles. The van der Waals surface area contributed by atoms with Crippen LogP contribution in [0.5, 0.6) is 5.75 Å². The molecule has 130 valence electrons. The Bertz CT molecular complexity index is 988. The fourth-order valence-electron chi connectivity index (χ4n) is 2.90. The minimum Gasteiger partial charge on any atom is -0.496 e. The summed E-state index contributed by atoms with van der Waals surface area (Å²) >= 11 is 1.47. The van der Waals surface area contributed by atoms with E-state index in [1.807, 2.05) is 44.2 Å². The molecule has 5 nitrogen and oxygen atoms in total. The molecule has 0 fully saturated rings. The van der Waals surface area contributed by atoms with Crippen molar-refractivity contribution in [1.29, 1.82) is 0 Å². The van der Waals surface area contributed by atoms with Gasteiger partial charge in [0.25, 0.3) is 11.5 Å². The fourth-order valence-corrected chi connectivity index (χ4v) is 3.95. The van der Waals surface area contributed by atoms with Gasteiger partial charge in [0.1, 0.15) is 5.75 Å². The van der Waals surface area contributed by atoms with Crippen LogP contribution >= 0.6 is 11.3 Å². The number of nitrogens with one attached hydrogen (secondary N) is 1. The van der Waals surface area contributed by atoms with Crippen molar-refractivity contribution in [1.82, 2.24) is 9.88 Å². The average molecular weight is 356 g/mol. The summed E-state index contributed by atoms with van der Waals surface area (Å²) in [6.45, 7) is 4.70. The zero-order valence-corrected chi connectivity index (χ0v) is 15.3. The van der Waals surface area contributed by atoms with Gasteiger partial charge >= 0.3 is 0 Å². The highest BCUT2D eigenvalue weighted by atomic mass is 32.1. The van der Waals surface area contributed by atoms with E-state index in [2.05, 4.69) is 5.32 Å². The number of fused-ring (bicyclic) bond motifs is 1. The minimum atomic E-state index is -0.236. The first-order chi connectivity index (χ1) is 12.1. The van der Waals surface area contributed by atoms with Crippen LogP contribution in [0.4, 0.5) is 0 Å². The molecule has 3 aromatic rings. The molecule has 3 rings (SSSR count). The van der Waals surface area contributed by atoms with E-state index in [1.165, 1.54) is 11.3 Å². The van der Waals surface area contributed by atoms with Crippen LogP contribution in [0.15, 0.2) is 41.3 Å². The third-order valence-corrected chi connectivity index (χ3v) is 5.26. The highest BCUT2D eigenvalue weighted by molar-refractivity contribution is 7.19. The first kappa shape index (κ1) is 17.2. The second-order valence-electron chi connectivity index (χ2n) is 5.67. The van der Waals surface area contributed by atoms with Gasteiger partial charge in [-0.25, -0.2) is 0 Å². The molecule has 0 radical (unpaired) electrons. The average Bonchev–Trinajstić information content (AvgIpc) is 2.97. The molecule has 0 unspecified atom stereocenters. The molecule has 1 N–H and O–H groups in total. The molecule has 25 heavy (non-hydrogen) atoms. The quantitative estimate of drug-likeness (QED) is 0.763. The SMILES string of the molecule is CCn1ccc2sc(C)c(C(=O)NCc3ccccc3OC)c2c1=O. The number of ether oxygens (including phenoxy) is 1. The number of aromatic nitrogens is 1. The van der Waals surface area contributed by atoms with Crippen molar-refractivity contribution in [3.05, 3.63) is 62.9 Å². The lowest BCUT2D eigenvalue weighted by molar-refractivity contribution is 0.0952. The standard InChI is InChI=1S/C19H20N2O3S/c1-4-21-10-9-15-17(19(21)23)16(12(2)25-15)18(22)20-11-13-7-5-6-8-14(13)24-3/h5-10H,4,11H2,1-3H3,(H,20,22). The number of rotatable bonds is 5. The van der Waals surface area contributed by atoms with Crippen molar-refractivity contribution in [2.75, 3.05) is 7.11 Å². The van der Waals surface area contributed by atoms with Gasteiger partial charge in [-0.05, 0) is 26.0 Å². The van der Waals surface area contributed by atoms with Gasteiger partial charge in [-0.1, -0.05) is 18.2 Å². The van der Waals surface area contributed by atoms with Gasteiger partial charge in [-0.2, -0.15) is 0 Å². The van der Waals surface area contributed by atoms with Gasteiger partial charge in [0.15, 0.2) is 0 Å². The number of amides is 1. The van der Waals surface area contributed by atoms with E-state index in [4.69, 9.17) is 4.74 Å². The van der Waals surface area contributed by atoms with Gasteiger partial charge in [0.05, 0.1) is 18.1 Å². The maximum atomic E-state index is 12.8. The van der Waals surface area contributed by atoms with Gasteiger partial charge in [0, 0.05) is 34.4 Å². The van der Waals surface area contributed by atoms with Crippen LogP contribution in [0.1, 0.15) is 27.7 Å². The normalized spacial score (nSPS) is 10.8. The maximum Gasteiger partial charge on any atom is 0.260 e. The number of aryl methyl sites for hydroxylation is 2. The Labute approximate surface area is 149 Å². The molecule has 1 amide bonds. The summed E-state index contributed by atoms with van der Waals surface area (Å²) in [6.07, 6.45) is 1.77. The third kappa shape index (κ3) is 3.17. The topological polar surface area (TPSA) is 60.3 Å². The van der Waals surface area contributed by atoms with Crippen LogP contribution in [0.3, 0.4) is 0 Å². The van der Waals surface area contributed by atoms with Crippen LogP contribution in [0.25, 0.3) is 10.1 Å². The van der Waals surface area contributed by atoms with Crippen molar-refractivity contribution in [3.8, 4) is 5.75 Å². The highest BCUT2D eigenvalue weighted by Crippen LogP contribution is 2.28. The van der Waals surface area contributed by atoms with Crippen molar-refractivity contribution in [2.45, 2.75) is 26.9 Å². The number of carbonyl (C=O) groups excluding carboxylic acids is 1. The van der Waals surface area contributed by atoms with Crippen LogP contribution in [0, 0.1) is 6.92 Å². The van der Waals surface area contributed by atoms with Crippen molar-refractivity contribution in [2.24, 2.45) is 0 Å². The van der Waals surface area contributed by atoms with Crippen molar-refractivity contribution in [3.63, 3.8) is 0 Å². The van der Waals surface area contributed by atoms with E-state index < -0.39 is 0 Å². The molecule has 0 aliphatic heterocycles. The number of hydrogen-bond acceptors (Lipinski definition) is 4. The lowest BCUT2D eigenvalue weighted by Gasteiger charge is -2.10. The zero-order valence-electron chi connectivity index (χ0n) is 14.5. The number of para-hydroxylation sites is 1. The summed E-state index contributed by atoms with van der Waals surface area (Å²) in [5.41, 5.74) is 1.25. The highest BCUT2D eigenvalue weighted by Gasteiger charge is 2.20. The molecule has 0 bridgehead atoms. The number of hydrogen-bond donors (Lipinski definition) is 1. The Morgan fingerprint density at radius 2 is 2.04 bits per heavy atom. The number of pyridine rings is 1. The summed E-state index contributed by atoms with van der Waals surface area (Å²) in [6, 6.07) is 9.44. The lowest BCUT2D eigenvalue weighted by atomic mass is 10.1. The Hall–Kier alpha value is -2.60. The summed E-state index contributed by atoms with van der Waals surface area (Å²) in [7, 11) is 1.60. The number of methoxy groups -OCH3 is 1. The largest absolute Gasteiger partial charge is 0.496 e. The van der Waals surface area contributed by atoms with Gasteiger partial charge in [0.2, 0.25) is 0 Å². The zero-order chi connectivity index (χ0) is 18.0. The first-order valence-corrected chi connectivity index (χ1v) is 8.91. The molecule has 0 saturated carbocycles. The number of thiophene rings is 1. The second kappa shape index (κ2) is 7.11. The Kier molecular flexibility index (Phi) is 4.90. The molecule has 0 aliphatic rings. The Balaban J connectivity index is 1.95. The summed E-state index contributed by atoms with van der Waals surface area (Å²) < 4.78 is 7.77. The molecule has 0 spiro atoms. The molecule has 2 heterocycles. The van der Waals surface area contributed by atoms with E-state index in [0.29, 0.717) is 24.0 Å². The number of benzene rings is 1. The Morgan fingerprint density at radius 3 is 2.76 bits per heavy atom. The monoisotopic (exact) mass is 356 g/mol. The fraction of sp³-hybridized carbons (Fsp3) is 0.263. The van der Waals surface area contributed by atoms with E-state index in [0.717, 1.165) is 20.9 Å². The van der Waals surface area contributed by atoms with Crippen LogP contribution < -0.4 is 15.6 Å². The van der Waals surface area contributed by atoms with Crippen LogP contribution in [-0.2, 0) is 13.1 Å². The molecule has 6 heteroatoms. The van der Waals surface area contributed by atoms with E-state index >= 15 is 0 Å². The minimum absolute atomic E-state index is 0.119. The Morgan fingerprint density at radius 1 is 1.28 bits per heavy atom. The summed E-state index contributed by atoms with van der Waals surface area (Å²) in [5.74, 6) is 0.489. The van der Waals surface area contributed by atoms with Gasteiger partial charge in [-0.15, -0.1) is 11.3 Å². The van der Waals surface area contributed by atoms with Crippen LogP contribution in [-0.4, -0.2) is 17.6 Å².